The van der Waals surface area contributed by atoms with Crippen molar-refractivity contribution < 1.29 is 18.0 Å². The van der Waals surface area contributed by atoms with Crippen LogP contribution >= 0.6 is 12.4 Å². The van der Waals surface area contributed by atoms with Crippen molar-refractivity contribution in [3.05, 3.63) is 59.1 Å². The molecule has 1 aromatic heterocycles. The summed E-state index contributed by atoms with van der Waals surface area (Å²) in [5, 5.41) is 3.58. The zero-order chi connectivity index (χ0) is 20.7. The van der Waals surface area contributed by atoms with Crippen LogP contribution in [0.5, 0.6) is 0 Å². The molecule has 2 heterocycles. The summed E-state index contributed by atoms with van der Waals surface area (Å²) in [6.07, 6.45) is 1.33. The number of hydrogen-bond acceptors (Lipinski definition) is 3. The van der Waals surface area contributed by atoms with Gasteiger partial charge in [0.05, 0.1) is 6.54 Å². The molecule has 1 aliphatic rings. The topological polar surface area (TPSA) is 45.5 Å². The van der Waals surface area contributed by atoms with Crippen molar-refractivity contribution in [1.82, 2.24) is 10.2 Å². The molecule has 1 fully saturated rings. The van der Waals surface area contributed by atoms with Crippen LogP contribution in [0.1, 0.15) is 62.4 Å². The van der Waals surface area contributed by atoms with Crippen molar-refractivity contribution >= 4 is 18.3 Å². The third-order valence-corrected chi connectivity index (χ3v) is 5.17. The first kappa shape index (κ1) is 23.4. The molecule has 29 heavy (non-hydrogen) atoms. The summed E-state index contributed by atoms with van der Waals surface area (Å²) < 4.78 is 34.4. The average molecular weight is 427 g/mol. The molecule has 4 nitrogen and oxygen atoms in total. The Labute approximate surface area is 177 Å². The Bertz CT molecular complexity index is 843. The number of aryl methyl sites for hydroxylation is 1. The Kier molecular flexibility index (Phi) is 6.80. The highest BCUT2D eigenvalue weighted by molar-refractivity contribution is 5.95. The van der Waals surface area contributed by atoms with Gasteiger partial charge in [-0.05, 0) is 71.7 Å². The molecule has 1 aliphatic heterocycles. The number of rotatable bonds is 4. The van der Waals surface area contributed by atoms with Crippen molar-refractivity contribution in [3.63, 3.8) is 0 Å². The second kappa shape index (κ2) is 8.44. The van der Waals surface area contributed by atoms with Gasteiger partial charge in [0.15, 0.2) is 0 Å². The first-order chi connectivity index (χ1) is 13.0. The van der Waals surface area contributed by atoms with E-state index in [9.17, 15) is 13.6 Å². The Balaban J connectivity index is 0.00000300. The molecular weight excluding hydrogens is 398 g/mol. The highest BCUT2D eigenvalue weighted by Crippen LogP contribution is 2.33. The number of hydrogen-bond donors (Lipinski definition) is 1. The summed E-state index contributed by atoms with van der Waals surface area (Å²) >= 11 is 0. The maximum atomic E-state index is 14.4. The van der Waals surface area contributed by atoms with Crippen LogP contribution in [0.3, 0.4) is 0 Å². The molecule has 0 unspecified atom stereocenters. The Morgan fingerprint density at radius 3 is 2.14 bits per heavy atom. The van der Waals surface area contributed by atoms with Crippen LogP contribution < -0.4 is 5.32 Å². The Hall–Kier alpha value is -1.92. The van der Waals surface area contributed by atoms with Gasteiger partial charge in [-0.2, -0.15) is 0 Å². The molecule has 1 amide bonds. The normalized spacial score (nSPS) is 18.2. The summed E-state index contributed by atoms with van der Waals surface area (Å²) in [6, 6.07) is 6.91. The molecular formula is C22H29ClF2N2O2. The van der Waals surface area contributed by atoms with Crippen molar-refractivity contribution in [2.45, 2.75) is 71.1 Å². The number of amides is 1. The van der Waals surface area contributed by atoms with Crippen molar-refractivity contribution in [1.29, 1.82) is 0 Å². The van der Waals surface area contributed by atoms with Crippen molar-refractivity contribution in [2.24, 2.45) is 0 Å². The van der Waals surface area contributed by atoms with E-state index in [4.69, 9.17) is 4.42 Å². The van der Waals surface area contributed by atoms with Gasteiger partial charge in [-0.15, -0.1) is 12.4 Å². The molecule has 2 aromatic rings. The van der Waals surface area contributed by atoms with Gasteiger partial charge in [-0.1, -0.05) is 6.07 Å². The monoisotopic (exact) mass is 426 g/mol. The number of carbonyl (C=O) groups excluding carboxylic acids is 1. The standard InChI is InChI=1S/C22H28F2N2O2.ClH/c1-14-9-10-16(28-14)13-26(15-11-21(2,3)25-22(4,5)12-15)20(27)19-17(23)7-6-8-18(19)24;/h6-10,15,25H,11-13H2,1-5H3;1H. The van der Waals surface area contributed by atoms with Crippen LogP contribution in [-0.4, -0.2) is 27.9 Å². The molecule has 0 atom stereocenters. The lowest BCUT2D eigenvalue weighted by Crippen LogP contribution is -2.62. The van der Waals surface area contributed by atoms with E-state index >= 15 is 0 Å². The number of carbonyl (C=O) groups is 1. The van der Waals surface area contributed by atoms with E-state index in [-0.39, 0.29) is 36.1 Å². The highest BCUT2D eigenvalue weighted by Gasteiger charge is 2.42. The fraction of sp³-hybridized carbons (Fsp3) is 0.500. The molecule has 0 aliphatic carbocycles. The van der Waals surface area contributed by atoms with E-state index in [0.717, 1.165) is 17.9 Å². The lowest BCUT2D eigenvalue weighted by atomic mass is 9.78. The molecule has 1 aromatic carbocycles. The average Bonchev–Trinajstić information content (AvgIpc) is 2.94. The number of halogens is 3. The summed E-state index contributed by atoms with van der Waals surface area (Å²) in [4.78, 5) is 14.9. The molecule has 0 saturated carbocycles. The second-order valence-electron chi connectivity index (χ2n) is 9.00. The number of nitrogens with one attached hydrogen (secondary N) is 1. The third kappa shape index (κ3) is 5.37. The molecule has 160 valence electrons. The Morgan fingerprint density at radius 2 is 1.66 bits per heavy atom. The van der Waals surface area contributed by atoms with Gasteiger partial charge in [-0.3, -0.25) is 4.79 Å². The predicted octanol–water partition coefficient (Wildman–Crippen LogP) is 5.24. The van der Waals surface area contributed by atoms with E-state index in [0.29, 0.717) is 18.6 Å². The lowest BCUT2D eigenvalue weighted by Gasteiger charge is -2.49. The van der Waals surface area contributed by atoms with Gasteiger partial charge in [0, 0.05) is 17.1 Å². The minimum Gasteiger partial charge on any atom is -0.464 e. The quantitative estimate of drug-likeness (QED) is 0.727. The van der Waals surface area contributed by atoms with E-state index in [2.05, 4.69) is 33.0 Å². The predicted molar refractivity (Wildman–Crippen MR) is 111 cm³/mol. The van der Waals surface area contributed by atoms with Gasteiger partial charge >= 0.3 is 0 Å². The summed E-state index contributed by atoms with van der Waals surface area (Å²) in [5.41, 5.74) is -0.963. The number of benzene rings is 1. The minimum absolute atomic E-state index is 0. The smallest absolute Gasteiger partial charge is 0.260 e. The maximum Gasteiger partial charge on any atom is 0.260 e. The third-order valence-electron chi connectivity index (χ3n) is 5.17. The van der Waals surface area contributed by atoms with E-state index in [1.165, 1.54) is 6.07 Å². The zero-order valence-corrected chi connectivity index (χ0v) is 18.3. The van der Waals surface area contributed by atoms with E-state index in [1.54, 1.807) is 11.0 Å². The summed E-state index contributed by atoms with van der Waals surface area (Å²) in [7, 11) is 0. The highest BCUT2D eigenvalue weighted by atomic mass is 35.5. The summed E-state index contributed by atoms with van der Waals surface area (Å²) in [6.45, 7) is 10.3. The van der Waals surface area contributed by atoms with Crippen molar-refractivity contribution in [2.75, 3.05) is 0 Å². The minimum atomic E-state index is -0.849. The van der Waals surface area contributed by atoms with E-state index < -0.39 is 23.1 Å². The number of piperidine rings is 1. The molecule has 7 heteroatoms. The fourth-order valence-corrected chi connectivity index (χ4v) is 4.44. The van der Waals surface area contributed by atoms with Gasteiger partial charge in [0.25, 0.3) is 5.91 Å². The van der Waals surface area contributed by atoms with Crippen LogP contribution in [0.25, 0.3) is 0 Å². The Morgan fingerprint density at radius 1 is 1.10 bits per heavy atom. The molecule has 1 N–H and O–H groups in total. The van der Waals surface area contributed by atoms with Gasteiger partial charge in [-0.25, -0.2) is 8.78 Å². The van der Waals surface area contributed by atoms with Crippen molar-refractivity contribution in [3.8, 4) is 0 Å². The van der Waals surface area contributed by atoms with Crippen LogP contribution in [0.2, 0.25) is 0 Å². The fourth-order valence-electron chi connectivity index (χ4n) is 4.44. The van der Waals surface area contributed by atoms with E-state index in [1.807, 2.05) is 13.0 Å². The lowest BCUT2D eigenvalue weighted by molar-refractivity contribution is 0.0389. The molecule has 0 radical (unpaired) electrons. The molecule has 3 rings (SSSR count). The number of nitrogens with zero attached hydrogens (tertiary/aromatic N) is 1. The van der Waals surface area contributed by atoms with Crippen LogP contribution in [0, 0.1) is 18.6 Å². The van der Waals surface area contributed by atoms with Gasteiger partial charge in [0.1, 0.15) is 28.7 Å². The van der Waals surface area contributed by atoms with Gasteiger partial charge in [0.2, 0.25) is 0 Å². The molecule has 0 spiro atoms. The SMILES string of the molecule is Cc1ccc(CN(C(=O)c2c(F)cccc2F)C2CC(C)(C)NC(C)(C)C2)o1.Cl. The molecule has 0 bridgehead atoms. The zero-order valence-electron chi connectivity index (χ0n) is 17.5. The largest absolute Gasteiger partial charge is 0.464 e. The second-order valence-corrected chi connectivity index (χ2v) is 9.00. The summed E-state index contributed by atoms with van der Waals surface area (Å²) in [5.74, 6) is -1.03. The van der Waals surface area contributed by atoms with Gasteiger partial charge < -0.3 is 14.6 Å². The van der Waals surface area contributed by atoms with Crippen LogP contribution in [0.15, 0.2) is 34.7 Å². The molecule has 1 saturated heterocycles. The maximum absolute atomic E-state index is 14.4. The first-order valence-corrected chi connectivity index (χ1v) is 9.57. The first-order valence-electron chi connectivity index (χ1n) is 9.57. The number of furan rings is 1. The van der Waals surface area contributed by atoms with Crippen LogP contribution in [0.4, 0.5) is 8.78 Å². The van der Waals surface area contributed by atoms with Crippen LogP contribution in [-0.2, 0) is 6.54 Å².